The van der Waals surface area contributed by atoms with Gasteiger partial charge in [0.15, 0.2) is 23.9 Å². The second-order valence-electron chi connectivity index (χ2n) is 9.79. The van der Waals surface area contributed by atoms with Crippen LogP contribution in [0.25, 0.3) is 5.57 Å². The SMILES string of the molecule is CCNC(O)c1noc(C2=CC(C(C)C)=C(O)CC2O)c1NC(O)c1ccc(CN2CCOCC2)cc1. The van der Waals surface area contributed by atoms with E-state index in [1.54, 1.807) is 6.08 Å². The number of allylic oxidation sites excluding steroid dienone is 2. The Balaban J connectivity index is 1.60. The number of hydrogen-bond acceptors (Lipinski definition) is 10. The van der Waals surface area contributed by atoms with E-state index < -0.39 is 18.6 Å². The lowest BCUT2D eigenvalue weighted by Crippen LogP contribution is -2.35. The van der Waals surface area contributed by atoms with Gasteiger partial charge in [0.2, 0.25) is 0 Å². The highest BCUT2D eigenvalue weighted by Crippen LogP contribution is 2.39. The maximum Gasteiger partial charge on any atom is 0.189 e. The molecule has 10 heteroatoms. The number of nitrogens with zero attached hydrogens (tertiary/aromatic N) is 2. The zero-order chi connectivity index (χ0) is 26.5. The summed E-state index contributed by atoms with van der Waals surface area (Å²) in [5.41, 5.74) is 3.30. The fourth-order valence-corrected chi connectivity index (χ4v) is 4.63. The van der Waals surface area contributed by atoms with E-state index in [0.29, 0.717) is 23.3 Å². The van der Waals surface area contributed by atoms with Crippen molar-refractivity contribution < 1.29 is 29.7 Å². The van der Waals surface area contributed by atoms with Gasteiger partial charge in [-0.3, -0.25) is 10.2 Å². The molecule has 0 saturated carbocycles. The molecule has 10 nitrogen and oxygen atoms in total. The first-order valence-electron chi connectivity index (χ1n) is 12.8. The fourth-order valence-electron chi connectivity index (χ4n) is 4.63. The zero-order valence-corrected chi connectivity index (χ0v) is 21.6. The van der Waals surface area contributed by atoms with Gasteiger partial charge in [-0.1, -0.05) is 50.2 Å². The van der Waals surface area contributed by atoms with Crippen molar-refractivity contribution in [1.82, 2.24) is 15.4 Å². The Morgan fingerprint density at radius 2 is 1.81 bits per heavy atom. The summed E-state index contributed by atoms with van der Waals surface area (Å²) in [5, 5.41) is 52.8. The molecule has 37 heavy (non-hydrogen) atoms. The summed E-state index contributed by atoms with van der Waals surface area (Å²) < 4.78 is 11.0. The summed E-state index contributed by atoms with van der Waals surface area (Å²) in [4.78, 5) is 2.33. The molecule has 1 fully saturated rings. The first-order valence-corrected chi connectivity index (χ1v) is 12.8. The molecule has 0 radical (unpaired) electrons. The number of aromatic nitrogens is 1. The molecule has 0 bridgehead atoms. The van der Waals surface area contributed by atoms with Crippen molar-refractivity contribution in [2.75, 3.05) is 38.2 Å². The van der Waals surface area contributed by atoms with Crippen LogP contribution in [0.1, 0.15) is 62.2 Å². The lowest BCUT2D eigenvalue weighted by molar-refractivity contribution is 0.0342. The molecule has 4 rings (SSSR count). The molecule has 3 unspecified atom stereocenters. The number of morpholine rings is 1. The zero-order valence-electron chi connectivity index (χ0n) is 21.6. The van der Waals surface area contributed by atoms with E-state index >= 15 is 0 Å². The van der Waals surface area contributed by atoms with Crippen molar-refractivity contribution in [3.05, 3.63) is 64.3 Å². The van der Waals surface area contributed by atoms with Crippen molar-refractivity contribution in [2.45, 2.75) is 52.3 Å². The van der Waals surface area contributed by atoms with Crippen molar-refractivity contribution in [3.63, 3.8) is 0 Å². The van der Waals surface area contributed by atoms with Gasteiger partial charge in [0.25, 0.3) is 0 Å². The third-order valence-corrected chi connectivity index (χ3v) is 6.74. The minimum Gasteiger partial charge on any atom is -0.512 e. The molecule has 1 aliphatic heterocycles. The molecular formula is C27H38N4O6. The number of hydrogen-bond donors (Lipinski definition) is 6. The van der Waals surface area contributed by atoms with Gasteiger partial charge in [-0.2, -0.15) is 0 Å². The van der Waals surface area contributed by atoms with Crippen molar-refractivity contribution in [2.24, 2.45) is 5.92 Å². The van der Waals surface area contributed by atoms with Gasteiger partial charge in [-0.05, 0) is 29.7 Å². The van der Waals surface area contributed by atoms with Crippen LogP contribution in [-0.2, 0) is 11.3 Å². The minimum absolute atomic E-state index is 0.0233. The van der Waals surface area contributed by atoms with Gasteiger partial charge in [-0.15, -0.1) is 0 Å². The highest BCUT2D eigenvalue weighted by Gasteiger charge is 2.32. The van der Waals surface area contributed by atoms with Crippen molar-refractivity contribution >= 4 is 11.3 Å². The van der Waals surface area contributed by atoms with Crippen LogP contribution in [0, 0.1) is 5.92 Å². The maximum atomic E-state index is 11.1. The number of aliphatic hydroxyl groups is 4. The molecule has 0 amide bonds. The quantitative estimate of drug-likeness (QED) is 0.262. The van der Waals surface area contributed by atoms with Crippen molar-refractivity contribution in [1.29, 1.82) is 0 Å². The molecule has 1 aliphatic carbocycles. The molecular weight excluding hydrogens is 476 g/mol. The first kappa shape index (κ1) is 27.3. The van der Waals surface area contributed by atoms with Gasteiger partial charge in [0, 0.05) is 37.2 Å². The number of nitrogens with one attached hydrogen (secondary N) is 2. The number of rotatable bonds is 10. The Morgan fingerprint density at radius 3 is 2.46 bits per heavy atom. The third-order valence-electron chi connectivity index (χ3n) is 6.74. The lowest BCUT2D eigenvalue weighted by atomic mass is 9.88. The number of aliphatic hydroxyl groups excluding tert-OH is 4. The van der Waals surface area contributed by atoms with E-state index in [1.165, 1.54) is 0 Å². The van der Waals surface area contributed by atoms with Gasteiger partial charge < -0.3 is 35.0 Å². The van der Waals surface area contributed by atoms with Crippen LogP contribution >= 0.6 is 0 Å². The molecule has 1 aromatic carbocycles. The first-order chi connectivity index (χ1) is 17.8. The molecule has 6 N–H and O–H groups in total. The fraction of sp³-hybridized carbons (Fsp3) is 0.519. The lowest BCUT2D eigenvalue weighted by Gasteiger charge is -2.26. The molecule has 0 spiro atoms. The van der Waals surface area contributed by atoms with E-state index in [1.807, 2.05) is 45.0 Å². The average Bonchev–Trinajstić information content (AvgIpc) is 3.28. The van der Waals surface area contributed by atoms with Crippen LogP contribution in [-0.4, -0.2) is 69.4 Å². The van der Waals surface area contributed by atoms with E-state index in [-0.39, 0.29) is 35.2 Å². The van der Waals surface area contributed by atoms with Crippen LogP contribution in [0.4, 0.5) is 5.69 Å². The van der Waals surface area contributed by atoms with Crippen LogP contribution < -0.4 is 10.6 Å². The third kappa shape index (κ3) is 6.40. The second kappa shape index (κ2) is 12.2. The molecule has 2 aliphatic rings. The van der Waals surface area contributed by atoms with Crippen LogP contribution in [0.2, 0.25) is 0 Å². The summed E-state index contributed by atoms with van der Waals surface area (Å²) in [6.45, 7) is 10.3. The Morgan fingerprint density at radius 1 is 1.11 bits per heavy atom. The van der Waals surface area contributed by atoms with Gasteiger partial charge in [0.1, 0.15) is 5.69 Å². The maximum absolute atomic E-state index is 11.1. The number of ether oxygens (including phenoxy) is 1. The summed E-state index contributed by atoms with van der Waals surface area (Å²) in [5.74, 6) is 0.355. The molecule has 2 heterocycles. The van der Waals surface area contributed by atoms with E-state index in [2.05, 4.69) is 20.7 Å². The standard InChI is InChI=1S/C27H38N4O6/c1-4-28-27(35)24-23(25(37-30-24)20-13-19(16(2)3)21(32)14-22(20)33)29-26(34)18-7-5-17(6-8-18)15-31-9-11-36-12-10-31/h5-8,13,16,22,26-29,32-35H,4,9-12,14-15H2,1-3H3. The summed E-state index contributed by atoms with van der Waals surface area (Å²) in [6, 6.07) is 7.67. The smallest absolute Gasteiger partial charge is 0.189 e. The Kier molecular flexibility index (Phi) is 9.01. The normalized spacial score (nSPS) is 20.7. The summed E-state index contributed by atoms with van der Waals surface area (Å²) >= 11 is 0. The van der Waals surface area contributed by atoms with Gasteiger partial charge in [-0.25, -0.2) is 0 Å². The van der Waals surface area contributed by atoms with Gasteiger partial charge in [0.05, 0.1) is 25.1 Å². The largest absolute Gasteiger partial charge is 0.512 e. The highest BCUT2D eigenvalue weighted by atomic mass is 16.5. The molecule has 202 valence electrons. The second-order valence-corrected chi connectivity index (χ2v) is 9.79. The number of benzene rings is 1. The average molecular weight is 515 g/mol. The molecule has 2 aromatic rings. The van der Waals surface area contributed by atoms with Gasteiger partial charge >= 0.3 is 0 Å². The predicted octanol–water partition coefficient (Wildman–Crippen LogP) is 2.83. The van der Waals surface area contributed by atoms with E-state index in [9.17, 15) is 20.4 Å². The van der Waals surface area contributed by atoms with E-state index in [0.717, 1.165) is 38.4 Å². The van der Waals surface area contributed by atoms with Crippen LogP contribution in [0.3, 0.4) is 0 Å². The molecule has 1 aromatic heterocycles. The minimum atomic E-state index is -1.15. The highest BCUT2D eigenvalue weighted by molar-refractivity contribution is 5.79. The summed E-state index contributed by atoms with van der Waals surface area (Å²) in [7, 11) is 0. The predicted molar refractivity (Wildman–Crippen MR) is 139 cm³/mol. The monoisotopic (exact) mass is 514 g/mol. The molecule has 1 saturated heterocycles. The topological polar surface area (TPSA) is 143 Å². The number of anilines is 1. The van der Waals surface area contributed by atoms with E-state index in [4.69, 9.17) is 9.26 Å². The summed E-state index contributed by atoms with van der Waals surface area (Å²) in [6.07, 6.45) is -1.58. The molecule has 3 atom stereocenters. The van der Waals surface area contributed by atoms with Crippen LogP contribution in [0.5, 0.6) is 0 Å². The Bertz CT molecular complexity index is 1100. The Hall–Kier alpha value is -2.73. The Labute approximate surface area is 217 Å². The van der Waals surface area contributed by atoms with Crippen LogP contribution in [0.15, 0.2) is 46.2 Å². The van der Waals surface area contributed by atoms with Crippen molar-refractivity contribution in [3.8, 4) is 0 Å².